The van der Waals surface area contributed by atoms with E-state index >= 15 is 0 Å². The SMILES string of the molecule is CC[C@@H](N[C@H](C)C(N)=O)c1ccc(Br)cc1. The van der Waals surface area contributed by atoms with Crippen molar-refractivity contribution in [1.82, 2.24) is 5.32 Å². The van der Waals surface area contributed by atoms with E-state index in [4.69, 9.17) is 5.73 Å². The van der Waals surface area contributed by atoms with Crippen molar-refractivity contribution in [2.75, 3.05) is 0 Å². The lowest BCUT2D eigenvalue weighted by Crippen LogP contribution is -2.40. The Labute approximate surface area is 105 Å². The Balaban J connectivity index is 2.74. The Kier molecular flexibility index (Phi) is 4.96. The van der Waals surface area contributed by atoms with Crippen molar-refractivity contribution in [3.05, 3.63) is 34.3 Å². The summed E-state index contributed by atoms with van der Waals surface area (Å²) in [5.74, 6) is -0.324. The second kappa shape index (κ2) is 6.01. The Morgan fingerprint density at radius 1 is 1.44 bits per heavy atom. The van der Waals surface area contributed by atoms with Crippen LogP contribution in [0.4, 0.5) is 0 Å². The number of hydrogen-bond donors (Lipinski definition) is 2. The summed E-state index contributed by atoms with van der Waals surface area (Å²) in [5, 5.41) is 3.21. The monoisotopic (exact) mass is 284 g/mol. The van der Waals surface area contributed by atoms with Crippen LogP contribution in [0, 0.1) is 0 Å². The number of nitrogens with two attached hydrogens (primary N) is 1. The molecule has 0 saturated heterocycles. The molecule has 16 heavy (non-hydrogen) atoms. The molecule has 0 aliphatic rings. The van der Waals surface area contributed by atoms with Crippen molar-refractivity contribution in [2.24, 2.45) is 5.73 Å². The number of amides is 1. The van der Waals surface area contributed by atoms with Crippen molar-refractivity contribution in [3.8, 4) is 0 Å². The molecule has 0 saturated carbocycles. The largest absolute Gasteiger partial charge is 0.368 e. The first-order valence-electron chi connectivity index (χ1n) is 5.35. The molecule has 0 aliphatic carbocycles. The fourth-order valence-corrected chi connectivity index (χ4v) is 1.79. The van der Waals surface area contributed by atoms with Crippen LogP contribution in [0.15, 0.2) is 28.7 Å². The zero-order valence-corrected chi connectivity index (χ0v) is 11.1. The van der Waals surface area contributed by atoms with E-state index in [1.807, 2.05) is 24.3 Å². The van der Waals surface area contributed by atoms with Gasteiger partial charge in [-0.2, -0.15) is 0 Å². The van der Waals surface area contributed by atoms with Crippen LogP contribution in [-0.4, -0.2) is 11.9 Å². The van der Waals surface area contributed by atoms with Crippen molar-refractivity contribution >= 4 is 21.8 Å². The second-order valence-electron chi connectivity index (χ2n) is 3.80. The van der Waals surface area contributed by atoms with Gasteiger partial charge in [0.2, 0.25) is 5.91 Å². The maximum Gasteiger partial charge on any atom is 0.234 e. The summed E-state index contributed by atoms with van der Waals surface area (Å²) in [6.07, 6.45) is 0.916. The third kappa shape index (κ3) is 3.61. The Bertz CT molecular complexity index is 351. The fraction of sp³-hybridized carbons (Fsp3) is 0.417. The van der Waals surface area contributed by atoms with Gasteiger partial charge in [-0.25, -0.2) is 0 Å². The first-order chi connectivity index (χ1) is 7.54. The number of carbonyl (C=O) groups excluding carboxylic acids is 1. The van der Waals surface area contributed by atoms with Crippen molar-refractivity contribution in [3.63, 3.8) is 0 Å². The number of primary amides is 1. The highest BCUT2D eigenvalue weighted by Crippen LogP contribution is 2.19. The summed E-state index contributed by atoms with van der Waals surface area (Å²) in [6, 6.07) is 7.92. The molecular weight excluding hydrogens is 268 g/mol. The molecule has 0 aromatic heterocycles. The van der Waals surface area contributed by atoms with Gasteiger partial charge >= 0.3 is 0 Å². The molecule has 4 heteroatoms. The molecule has 88 valence electrons. The van der Waals surface area contributed by atoms with Gasteiger partial charge in [0.05, 0.1) is 6.04 Å². The Hall–Kier alpha value is -0.870. The molecule has 0 bridgehead atoms. The maximum atomic E-state index is 11.0. The molecule has 3 N–H and O–H groups in total. The zero-order chi connectivity index (χ0) is 12.1. The van der Waals surface area contributed by atoms with E-state index in [0.717, 1.165) is 10.9 Å². The predicted octanol–water partition coefficient (Wildman–Crippen LogP) is 2.36. The van der Waals surface area contributed by atoms with Gasteiger partial charge in [0.25, 0.3) is 0 Å². The molecule has 0 radical (unpaired) electrons. The molecule has 1 aromatic rings. The van der Waals surface area contributed by atoms with E-state index in [1.54, 1.807) is 6.92 Å². The highest BCUT2D eigenvalue weighted by atomic mass is 79.9. The van der Waals surface area contributed by atoms with Crippen LogP contribution in [0.1, 0.15) is 31.9 Å². The van der Waals surface area contributed by atoms with E-state index in [1.165, 1.54) is 5.56 Å². The van der Waals surface area contributed by atoms with Crippen LogP contribution in [0.3, 0.4) is 0 Å². The molecule has 0 fully saturated rings. The zero-order valence-electron chi connectivity index (χ0n) is 9.53. The Morgan fingerprint density at radius 3 is 2.44 bits per heavy atom. The molecule has 0 heterocycles. The minimum Gasteiger partial charge on any atom is -0.368 e. The van der Waals surface area contributed by atoms with Crippen LogP contribution in [0.2, 0.25) is 0 Å². The van der Waals surface area contributed by atoms with Gasteiger partial charge in [0.15, 0.2) is 0 Å². The van der Waals surface area contributed by atoms with E-state index in [2.05, 4.69) is 28.2 Å². The lowest BCUT2D eigenvalue weighted by molar-refractivity contribution is -0.119. The molecule has 1 aromatic carbocycles. The van der Waals surface area contributed by atoms with Gasteiger partial charge in [-0.3, -0.25) is 10.1 Å². The second-order valence-corrected chi connectivity index (χ2v) is 4.72. The minimum absolute atomic E-state index is 0.163. The summed E-state index contributed by atoms with van der Waals surface area (Å²) < 4.78 is 1.05. The summed E-state index contributed by atoms with van der Waals surface area (Å²) >= 11 is 3.40. The van der Waals surface area contributed by atoms with Crippen LogP contribution in [0.25, 0.3) is 0 Å². The van der Waals surface area contributed by atoms with Crippen molar-refractivity contribution in [1.29, 1.82) is 0 Å². The quantitative estimate of drug-likeness (QED) is 0.872. The van der Waals surface area contributed by atoms with Crippen LogP contribution < -0.4 is 11.1 Å². The fourth-order valence-electron chi connectivity index (χ4n) is 1.53. The smallest absolute Gasteiger partial charge is 0.234 e. The number of nitrogens with one attached hydrogen (secondary N) is 1. The van der Waals surface area contributed by atoms with Gasteiger partial charge in [0, 0.05) is 10.5 Å². The molecule has 0 spiro atoms. The molecule has 0 aliphatic heterocycles. The number of halogens is 1. The number of hydrogen-bond acceptors (Lipinski definition) is 2. The predicted molar refractivity (Wildman–Crippen MR) is 69.0 cm³/mol. The normalized spacial score (nSPS) is 14.4. The van der Waals surface area contributed by atoms with Crippen molar-refractivity contribution < 1.29 is 4.79 Å². The van der Waals surface area contributed by atoms with Crippen LogP contribution in [0.5, 0.6) is 0 Å². The number of carbonyl (C=O) groups is 1. The van der Waals surface area contributed by atoms with E-state index in [0.29, 0.717) is 0 Å². The summed E-state index contributed by atoms with van der Waals surface area (Å²) in [4.78, 5) is 11.0. The topological polar surface area (TPSA) is 55.1 Å². The van der Waals surface area contributed by atoms with Gasteiger partial charge in [0.1, 0.15) is 0 Å². The summed E-state index contributed by atoms with van der Waals surface area (Å²) in [5.41, 5.74) is 6.40. The molecule has 3 nitrogen and oxygen atoms in total. The van der Waals surface area contributed by atoms with Gasteiger partial charge in [-0.15, -0.1) is 0 Å². The average Bonchev–Trinajstić information content (AvgIpc) is 2.26. The average molecular weight is 285 g/mol. The first kappa shape index (κ1) is 13.2. The standard InChI is InChI=1S/C12H17BrN2O/c1-3-11(15-8(2)12(14)16)9-4-6-10(13)7-5-9/h4-8,11,15H,3H2,1-2H3,(H2,14,16)/t8-,11-/m1/s1. The van der Waals surface area contributed by atoms with Gasteiger partial charge in [-0.05, 0) is 31.0 Å². The molecular formula is C12H17BrN2O. The van der Waals surface area contributed by atoms with Crippen LogP contribution >= 0.6 is 15.9 Å². The maximum absolute atomic E-state index is 11.0. The number of benzene rings is 1. The third-order valence-corrected chi connectivity index (χ3v) is 3.09. The van der Waals surface area contributed by atoms with Gasteiger partial charge < -0.3 is 5.73 Å². The summed E-state index contributed by atoms with van der Waals surface area (Å²) in [7, 11) is 0. The van der Waals surface area contributed by atoms with Crippen molar-refractivity contribution in [2.45, 2.75) is 32.4 Å². The molecule has 2 atom stereocenters. The number of rotatable bonds is 5. The first-order valence-corrected chi connectivity index (χ1v) is 6.14. The highest BCUT2D eigenvalue weighted by Gasteiger charge is 2.15. The van der Waals surface area contributed by atoms with Gasteiger partial charge in [-0.1, -0.05) is 35.0 Å². The van der Waals surface area contributed by atoms with Crippen LogP contribution in [-0.2, 0) is 4.79 Å². The minimum atomic E-state index is -0.324. The molecule has 1 rings (SSSR count). The van der Waals surface area contributed by atoms with E-state index in [9.17, 15) is 4.79 Å². The highest BCUT2D eigenvalue weighted by molar-refractivity contribution is 9.10. The van der Waals surface area contributed by atoms with E-state index in [-0.39, 0.29) is 18.0 Å². The molecule has 1 amide bonds. The third-order valence-electron chi connectivity index (χ3n) is 2.56. The summed E-state index contributed by atoms with van der Waals surface area (Å²) in [6.45, 7) is 3.86. The molecule has 0 unspecified atom stereocenters. The van der Waals surface area contributed by atoms with E-state index < -0.39 is 0 Å². The lowest BCUT2D eigenvalue weighted by Gasteiger charge is -2.20. The lowest BCUT2D eigenvalue weighted by atomic mass is 10.0. The Morgan fingerprint density at radius 2 is 2.00 bits per heavy atom.